The van der Waals surface area contributed by atoms with Gasteiger partial charge in [-0.15, -0.1) is 0 Å². The predicted octanol–water partition coefficient (Wildman–Crippen LogP) is 0.678. The minimum atomic E-state index is 0.124. The number of hydrogen-bond acceptors (Lipinski definition) is 4. The molecule has 1 aromatic rings. The molecule has 6 nitrogen and oxygen atoms in total. The van der Waals surface area contributed by atoms with Crippen molar-refractivity contribution in [1.29, 1.82) is 0 Å². The standard InChI is InChI=1S/C16H24N4O2/c1-19-7-6-17-14(19)10-20-9-12(18-16(21)11-4-5-11)15-13(20)3-2-8-22-15/h6-7,11-13,15H,2-5,8-10H2,1H3,(H,18,21)/t12-,13-,15-/m0/s1. The second kappa shape index (κ2) is 5.66. The van der Waals surface area contributed by atoms with E-state index in [0.29, 0.717) is 6.04 Å². The summed E-state index contributed by atoms with van der Waals surface area (Å²) in [7, 11) is 2.03. The number of imidazole rings is 1. The van der Waals surface area contributed by atoms with Gasteiger partial charge in [0.25, 0.3) is 0 Å². The predicted molar refractivity (Wildman–Crippen MR) is 81.0 cm³/mol. The van der Waals surface area contributed by atoms with Crippen LogP contribution in [0.15, 0.2) is 12.4 Å². The number of amides is 1. The lowest BCUT2D eigenvalue weighted by atomic mass is 10.0. The van der Waals surface area contributed by atoms with Gasteiger partial charge in [-0.25, -0.2) is 4.98 Å². The van der Waals surface area contributed by atoms with Crippen molar-refractivity contribution in [3.8, 4) is 0 Å². The molecule has 0 spiro atoms. The fourth-order valence-corrected chi connectivity index (χ4v) is 3.74. The van der Waals surface area contributed by atoms with Gasteiger partial charge in [0.2, 0.25) is 5.91 Å². The van der Waals surface area contributed by atoms with Crippen molar-refractivity contribution < 1.29 is 9.53 Å². The molecule has 2 saturated heterocycles. The third kappa shape index (κ3) is 2.65. The number of nitrogens with zero attached hydrogens (tertiary/aromatic N) is 3. The normalized spacial score (nSPS) is 32.0. The molecule has 1 amide bonds. The van der Waals surface area contributed by atoms with Gasteiger partial charge in [0.1, 0.15) is 5.82 Å². The van der Waals surface area contributed by atoms with Crippen molar-refractivity contribution in [2.45, 2.75) is 50.4 Å². The Bertz CT molecular complexity index is 554. The maximum atomic E-state index is 12.1. The van der Waals surface area contributed by atoms with Crippen molar-refractivity contribution in [1.82, 2.24) is 19.8 Å². The van der Waals surface area contributed by atoms with Crippen LogP contribution < -0.4 is 5.32 Å². The van der Waals surface area contributed by atoms with Crippen LogP contribution in [0, 0.1) is 5.92 Å². The smallest absolute Gasteiger partial charge is 0.223 e. The Balaban J connectivity index is 1.47. The molecule has 0 unspecified atom stereocenters. The molecule has 120 valence electrons. The summed E-state index contributed by atoms with van der Waals surface area (Å²) in [5.41, 5.74) is 0. The van der Waals surface area contributed by atoms with E-state index in [-0.39, 0.29) is 24.0 Å². The van der Waals surface area contributed by atoms with E-state index >= 15 is 0 Å². The molecule has 3 atom stereocenters. The molecule has 1 N–H and O–H groups in total. The summed E-state index contributed by atoms with van der Waals surface area (Å²) in [6.45, 7) is 2.50. The summed E-state index contributed by atoms with van der Waals surface area (Å²) in [5.74, 6) is 1.54. The number of aryl methyl sites for hydroxylation is 1. The van der Waals surface area contributed by atoms with E-state index in [0.717, 1.165) is 51.2 Å². The van der Waals surface area contributed by atoms with Gasteiger partial charge >= 0.3 is 0 Å². The summed E-state index contributed by atoms with van der Waals surface area (Å²) < 4.78 is 8.08. The van der Waals surface area contributed by atoms with Crippen molar-refractivity contribution in [2.75, 3.05) is 13.2 Å². The van der Waals surface area contributed by atoms with Crippen LogP contribution in [0.4, 0.5) is 0 Å². The first-order valence-corrected chi connectivity index (χ1v) is 8.34. The molecule has 3 fully saturated rings. The van der Waals surface area contributed by atoms with Gasteiger partial charge < -0.3 is 14.6 Å². The molecule has 0 aromatic carbocycles. The largest absolute Gasteiger partial charge is 0.374 e. The molecule has 1 aliphatic carbocycles. The van der Waals surface area contributed by atoms with Gasteiger partial charge in [-0.3, -0.25) is 9.69 Å². The highest BCUT2D eigenvalue weighted by atomic mass is 16.5. The van der Waals surface area contributed by atoms with Crippen LogP contribution in [-0.4, -0.2) is 51.7 Å². The Kier molecular flexibility index (Phi) is 3.66. The third-order valence-corrected chi connectivity index (χ3v) is 5.17. The highest BCUT2D eigenvalue weighted by Crippen LogP contribution is 2.32. The highest BCUT2D eigenvalue weighted by molar-refractivity contribution is 5.81. The molecular weight excluding hydrogens is 280 g/mol. The Morgan fingerprint density at radius 1 is 1.45 bits per heavy atom. The summed E-state index contributed by atoms with van der Waals surface area (Å²) in [4.78, 5) is 19.0. The minimum absolute atomic E-state index is 0.124. The second-order valence-corrected chi connectivity index (χ2v) is 6.82. The zero-order valence-electron chi connectivity index (χ0n) is 13.1. The number of fused-ring (bicyclic) bond motifs is 1. The number of likely N-dealkylation sites (tertiary alicyclic amines) is 1. The number of carbonyl (C=O) groups is 1. The lowest BCUT2D eigenvalue weighted by Gasteiger charge is -2.32. The molecular formula is C16H24N4O2. The molecule has 1 saturated carbocycles. The van der Waals surface area contributed by atoms with E-state index < -0.39 is 0 Å². The SMILES string of the molecule is Cn1ccnc1CN1C[C@H](NC(=O)C2CC2)[C@@H]2OCCC[C@@H]21. The maximum absolute atomic E-state index is 12.1. The monoisotopic (exact) mass is 304 g/mol. The number of carbonyl (C=O) groups excluding carboxylic acids is 1. The van der Waals surface area contributed by atoms with Crippen molar-refractivity contribution >= 4 is 5.91 Å². The van der Waals surface area contributed by atoms with Crippen molar-refractivity contribution in [2.24, 2.45) is 13.0 Å². The maximum Gasteiger partial charge on any atom is 0.223 e. The summed E-state index contributed by atoms with van der Waals surface area (Å²) in [6, 6.07) is 0.522. The van der Waals surface area contributed by atoms with Gasteiger partial charge in [0.05, 0.1) is 18.7 Å². The Labute approximate surface area is 130 Å². The zero-order chi connectivity index (χ0) is 15.1. The van der Waals surface area contributed by atoms with Crippen LogP contribution >= 0.6 is 0 Å². The lowest BCUT2D eigenvalue weighted by Crippen LogP contribution is -2.48. The average Bonchev–Trinajstić information content (AvgIpc) is 3.23. The van der Waals surface area contributed by atoms with Gasteiger partial charge in [-0.1, -0.05) is 0 Å². The van der Waals surface area contributed by atoms with Gasteiger partial charge in [-0.05, 0) is 25.7 Å². The minimum Gasteiger partial charge on any atom is -0.374 e. The summed E-state index contributed by atoms with van der Waals surface area (Å²) in [6.07, 6.45) is 8.29. The Morgan fingerprint density at radius 2 is 2.32 bits per heavy atom. The van der Waals surface area contributed by atoms with Crippen molar-refractivity contribution in [3.63, 3.8) is 0 Å². The first-order chi connectivity index (χ1) is 10.7. The second-order valence-electron chi connectivity index (χ2n) is 6.82. The fourth-order valence-electron chi connectivity index (χ4n) is 3.74. The lowest BCUT2D eigenvalue weighted by molar-refractivity contribution is -0.124. The molecule has 0 radical (unpaired) electrons. The number of hydrogen-bond donors (Lipinski definition) is 1. The van der Waals surface area contributed by atoms with E-state index in [9.17, 15) is 4.79 Å². The highest BCUT2D eigenvalue weighted by Gasteiger charge is 2.45. The molecule has 6 heteroatoms. The molecule has 0 bridgehead atoms. The van der Waals surface area contributed by atoms with Gasteiger partial charge in [0, 0.05) is 44.6 Å². The number of ether oxygens (including phenoxy) is 1. The zero-order valence-corrected chi connectivity index (χ0v) is 13.1. The van der Waals surface area contributed by atoms with Crippen LogP contribution in [0.3, 0.4) is 0 Å². The van der Waals surface area contributed by atoms with E-state index in [4.69, 9.17) is 4.74 Å². The number of rotatable bonds is 4. The number of nitrogens with one attached hydrogen (secondary N) is 1. The van der Waals surface area contributed by atoms with Crippen LogP contribution in [0.25, 0.3) is 0 Å². The van der Waals surface area contributed by atoms with Crippen molar-refractivity contribution in [3.05, 3.63) is 18.2 Å². The molecule has 22 heavy (non-hydrogen) atoms. The fraction of sp³-hybridized carbons (Fsp3) is 0.750. The van der Waals surface area contributed by atoms with E-state index in [1.807, 2.05) is 19.4 Å². The quantitative estimate of drug-likeness (QED) is 0.888. The van der Waals surface area contributed by atoms with Gasteiger partial charge in [-0.2, -0.15) is 0 Å². The molecule has 3 heterocycles. The van der Waals surface area contributed by atoms with Crippen LogP contribution in [0.1, 0.15) is 31.5 Å². The van der Waals surface area contributed by atoms with Crippen LogP contribution in [0.2, 0.25) is 0 Å². The Morgan fingerprint density at radius 3 is 3.05 bits per heavy atom. The molecule has 2 aliphatic heterocycles. The van der Waals surface area contributed by atoms with E-state index in [1.165, 1.54) is 0 Å². The number of aromatic nitrogens is 2. The summed E-state index contributed by atoms with van der Waals surface area (Å²) >= 11 is 0. The molecule has 4 rings (SSSR count). The average molecular weight is 304 g/mol. The third-order valence-electron chi connectivity index (χ3n) is 5.17. The molecule has 3 aliphatic rings. The molecule has 1 aromatic heterocycles. The van der Waals surface area contributed by atoms with E-state index in [2.05, 4.69) is 19.8 Å². The first-order valence-electron chi connectivity index (χ1n) is 8.34. The van der Waals surface area contributed by atoms with Gasteiger partial charge in [0.15, 0.2) is 0 Å². The van der Waals surface area contributed by atoms with E-state index in [1.54, 1.807) is 0 Å². The Hall–Kier alpha value is -1.40. The van der Waals surface area contributed by atoms with Crippen LogP contribution in [0.5, 0.6) is 0 Å². The topological polar surface area (TPSA) is 59.4 Å². The first kappa shape index (κ1) is 14.2. The summed E-state index contributed by atoms with van der Waals surface area (Å²) in [5, 5.41) is 3.23. The van der Waals surface area contributed by atoms with Crippen LogP contribution in [-0.2, 0) is 23.1 Å².